The maximum absolute atomic E-state index is 12.2. The van der Waals surface area contributed by atoms with Gasteiger partial charge >= 0.3 is 5.97 Å². The van der Waals surface area contributed by atoms with E-state index in [1.54, 1.807) is 0 Å². The van der Waals surface area contributed by atoms with Crippen LogP contribution in [0.4, 0.5) is 0 Å². The van der Waals surface area contributed by atoms with Crippen LogP contribution in [-0.4, -0.2) is 18.9 Å². The van der Waals surface area contributed by atoms with Crippen LogP contribution >= 0.6 is 0 Å². The van der Waals surface area contributed by atoms with E-state index in [0.717, 1.165) is 0 Å². The van der Waals surface area contributed by atoms with Gasteiger partial charge in [-0.3, -0.25) is 9.59 Å². The van der Waals surface area contributed by atoms with Crippen molar-refractivity contribution in [1.82, 2.24) is 0 Å². The molecule has 1 unspecified atom stereocenters. The fourth-order valence-corrected chi connectivity index (χ4v) is 2.49. The largest absolute Gasteiger partial charge is 0.468 e. The molecule has 0 fully saturated rings. The second-order valence-corrected chi connectivity index (χ2v) is 5.55. The molecule has 0 saturated heterocycles. The molecule has 1 aromatic rings. The van der Waals surface area contributed by atoms with E-state index in [1.165, 1.54) is 13.2 Å². The monoisotopic (exact) mass is 274 g/mol. The summed E-state index contributed by atoms with van der Waals surface area (Å²) in [6.45, 7) is 3.74. The van der Waals surface area contributed by atoms with Crippen molar-refractivity contribution in [2.45, 2.75) is 20.3 Å². The molecule has 106 valence electrons. The van der Waals surface area contributed by atoms with E-state index in [-0.39, 0.29) is 5.78 Å². The molecule has 4 heteroatoms. The highest BCUT2D eigenvalue weighted by Gasteiger charge is 2.44. The summed E-state index contributed by atoms with van der Waals surface area (Å²) < 4.78 is 10.4. The molecule has 1 atom stereocenters. The predicted octanol–water partition coefficient (Wildman–Crippen LogP) is 2.74. The Morgan fingerprint density at radius 1 is 1.25 bits per heavy atom. The summed E-state index contributed by atoms with van der Waals surface area (Å²) in [5.74, 6) is -0.269. The minimum atomic E-state index is -0.768. The zero-order valence-electron chi connectivity index (χ0n) is 11.9. The lowest BCUT2D eigenvalue weighted by molar-refractivity contribution is -0.153. The van der Waals surface area contributed by atoms with Crippen molar-refractivity contribution in [3.63, 3.8) is 0 Å². The average Bonchev–Trinajstić information content (AvgIpc) is 2.37. The number of carbonyl (C=O) groups is 2. The number of methoxy groups -OCH3 is 1. The lowest BCUT2D eigenvalue weighted by Crippen LogP contribution is -2.41. The summed E-state index contributed by atoms with van der Waals surface area (Å²) in [5.41, 5.74) is -0.525. The molecule has 0 aliphatic heterocycles. The van der Waals surface area contributed by atoms with Crippen molar-refractivity contribution in [1.29, 1.82) is 0 Å². The van der Waals surface area contributed by atoms with Gasteiger partial charge in [0, 0.05) is 12.5 Å². The maximum Gasteiger partial charge on any atom is 0.317 e. The Bertz CT molecular complexity index is 543. The van der Waals surface area contributed by atoms with Crippen molar-refractivity contribution in [2.24, 2.45) is 11.3 Å². The van der Waals surface area contributed by atoms with Crippen LogP contribution in [0.5, 0.6) is 5.75 Å². The minimum Gasteiger partial charge on any atom is -0.468 e. The van der Waals surface area contributed by atoms with Crippen LogP contribution in [-0.2, 0) is 14.3 Å². The van der Waals surface area contributed by atoms with E-state index in [9.17, 15) is 9.59 Å². The second kappa shape index (κ2) is 5.49. The number of hydrogen-bond donors (Lipinski definition) is 0. The first-order chi connectivity index (χ1) is 9.44. The van der Waals surface area contributed by atoms with E-state index in [2.05, 4.69) is 0 Å². The van der Waals surface area contributed by atoms with Crippen LogP contribution in [0, 0.1) is 11.3 Å². The molecule has 0 bridgehead atoms. The minimum absolute atomic E-state index is 0.265. The highest BCUT2D eigenvalue weighted by Crippen LogP contribution is 2.39. The van der Waals surface area contributed by atoms with Gasteiger partial charge in [-0.2, -0.15) is 0 Å². The Morgan fingerprint density at radius 2 is 1.90 bits per heavy atom. The summed E-state index contributed by atoms with van der Waals surface area (Å²) in [6.07, 6.45) is 1.91. The van der Waals surface area contributed by atoms with Crippen LogP contribution in [0.1, 0.15) is 20.3 Å². The Labute approximate surface area is 118 Å². The van der Waals surface area contributed by atoms with E-state index in [4.69, 9.17) is 9.47 Å². The molecule has 20 heavy (non-hydrogen) atoms. The van der Waals surface area contributed by atoms with Crippen molar-refractivity contribution >= 4 is 11.8 Å². The summed E-state index contributed by atoms with van der Waals surface area (Å²) in [7, 11) is 1.30. The first-order valence-corrected chi connectivity index (χ1v) is 6.49. The number of hydrogen-bond acceptors (Lipinski definition) is 4. The first kappa shape index (κ1) is 14.3. The molecule has 0 N–H and O–H groups in total. The molecule has 1 aromatic carbocycles. The molecule has 0 spiro atoms. The Hall–Kier alpha value is -2.10. The first-order valence-electron chi connectivity index (χ1n) is 6.49. The fourth-order valence-electron chi connectivity index (χ4n) is 2.49. The van der Waals surface area contributed by atoms with Crippen LogP contribution in [0.25, 0.3) is 0 Å². The molecule has 2 rings (SSSR count). The van der Waals surface area contributed by atoms with Gasteiger partial charge in [0.15, 0.2) is 5.78 Å². The van der Waals surface area contributed by atoms with Gasteiger partial charge in [0.25, 0.3) is 0 Å². The molecule has 0 amide bonds. The number of ether oxygens (including phenoxy) is 2. The smallest absolute Gasteiger partial charge is 0.317 e. The predicted molar refractivity (Wildman–Crippen MR) is 74.1 cm³/mol. The zero-order chi connectivity index (χ0) is 14.8. The average molecular weight is 274 g/mol. The summed E-state index contributed by atoms with van der Waals surface area (Å²) in [6, 6.07) is 9.27. The van der Waals surface area contributed by atoms with Crippen molar-refractivity contribution in [2.75, 3.05) is 7.11 Å². The summed E-state index contributed by atoms with van der Waals surface area (Å²) in [5, 5.41) is 0. The standard InChI is InChI=1S/C16H18O4/c1-16(2)10-12(20-11-7-5-4-6-8-11)9-13(17)14(16)15(18)19-3/h4-9,14H,10H2,1-3H3. The van der Waals surface area contributed by atoms with Gasteiger partial charge in [-0.05, 0) is 17.5 Å². The van der Waals surface area contributed by atoms with Crippen LogP contribution in [0.15, 0.2) is 42.2 Å². The van der Waals surface area contributed by atoms with Crippen molar-refractivity contribution in [3.05, 3.63) is 42.2 Å². The molecule has 0 aromatic heterocycles. The van der Waals surface area contributed by atoms with Gasteiger partial charge in [-0.1, -0.05) is 32.0 Å². The highest BCUT2D eigenvalue weighted by atomic mass is 16.5. The Kier molecular flexibility index (Phi) is 3.93. The fraction of sp³-hybridized carbons (Fsp3) is 0.375. The molecule has 1 aliphatic rings. The van der Waals surface area contributed by atoms with Crippen LogP contribution < -0.4 is 4.74 Å². The number of ketones is 1. The number of esters is 1. The van der Waals surface area contributed by atoms with Gasteiger partial charge < -0.3 is 9.47 Å². The van der Waals surface area contributed by atoms with Gasteiger partial charge in [0.2, 0.25) is 0 Å². The van der Waals surface area contributed by atoms with Gasteiger partial charge in [-0.15, -0.1) is 0 Å². The lowest BCUT2D eigenvalue weighted by Gasteiger charge is -2.34. The van der Waals surface area contributed by atoms with Crippen molar-refractivity contribution in [3.8, 4) is 5.75 Å². The molecule has 0 radical (unpaired) electrons. The molecule has 0 saturated carbocycles. The third-order valence-corrected chi connectivity index (χ3v) is 3.43. The third-order valence-electron chi connectivity index (χ3n) is 3.43. The van der Waals surface area contributed by atoms with Crippen LogP contribution in [0.3, 0.4) is 0 Å². The number of allylic oxidation sites excluding steroid dienone is 2. The van der Waals surface area contributed by atoms with E-state index in [1.807, 2.05) is 44.2 Å². The van der Waals surface area contributed by atoms with E-state index >= 15 is 0 Å². The van der Waals surface area contributed by atoms with Gasteiger partial charge in [0.05, 0.1) is 7.11 Å². The second-order valence-electron chi connectivity index (χ2n) is 5.55. The lowest BCUT2D eigenvalue weighted by atomic mass is 9.70. The zero-order valence-corrected chi connectivity index (χ0v) is 11.9. The summed E-state index contributed by atoms with van der Waals surface area (Å²) in [4.78, 5) is 23.9. The number of para-hydroxylation sites is 1. The van der Waals surface area contributed by atoms with Crippen LogP contribution in [0.2, 0.25) is 0 Å². The topological polar surface area (TPSA) is 52.6 Å². The number of rotatable bonds is 3. The van der Waals surface area contributed by atoms with Crippen molar-refractivity contribution < 1.29 is 19.1 Å². The third kappa shape index (κ3) is 2.90. The molecule has 1 aliphatic carbocycles. The molecule has 4 nitrogen and oxygen atoms in total. The van der Waals surface area contributed by atoms with E-state index in [0.29, 0.717) is 17.9 Å². The number of carbonyl (C=O) groups excluding carboxylic acids is 2. The molecular formula is C16H18O4. The quantitative estimate of drug-likeness (QED) is 0.628. The molecule has 0 heterocycles. The molecular weight excluding hydrogens is 256 g/mol. The summed E-state index contributed by atoms with van der Waals surface area (Å²) >= 11 is 0. The highest BCUT2D eigenvalue weighted by molar-refractivity contribution is 6.06. The van der Waals surface area contributed by atoms with Gasteiger partial charge in [0.1, 0.15) is 17.4 Å². The normalized spacial score (nSPS) is 21.1. The Morgan fingerprint density at radius 3 is 2.45 bits per heavy atom. The van der Waals surface area contributed by atoms with Gasteiger partial charge in [-0.25, -0.2) is 0 Å². The maximum atomic E-state index is 12.2. The van der Waals surface area contributed by atoms with E-state index < -0.39 is 17.3 Å². The SMILES string of the molecule is COC(=O)C1C(=O)C=C(Oc2ccccc2)CC1(C)C. The number of benzene rings is 1. The Balaban J connectivity index is 2.23.